The zero-order valence-electron chi connectivity index (χ0n) is 16.7. The number of hydrogen-bond acceptors (Lipinski definition) is 5. The molecule has 2 amide bonds. The van der Waals surface area contributed by atoms with Gasteiger partial charge in [0.15, 0.2) is 6.10 Å². The van der Waals surface area contributed by atoms with Gasteiger partial charge < -0.3 is 20.5 Å². The molecule has 8 heteroatoms. The van der Waals surface area contributed by atoms with Gasteiger partial charge in [-0.1, -0.05) is 19.8 Å². The molecule has 3 N–H and O–H groups in total. The van der Waals surface area contributed by atoms with Crippen molar-refractivity contribution < 1.29 is 19.4 Å². The summed E-state index contributed by atoms with van der Waals surface area (Å²) in [6, 6.07) is 1.29. The fourth-order valence-corrected chi connectivity index (χ4v) is 2.91. The van der Waals surface area contributed by atoms with Crippen molar-refractivity contribution in [3.63, 3.8) is 0 Å². The van der Waals surface area contributed by atoms with E-state index >= 15 is 0 Å². The molecule has 0 aliphatic heterocycles. The predicted octanol–water partition coefficient (Wildman–Crippen LogP) is 2.99. The molecule has 0 bridgehead atoms. The lowest BCUT2D eigenvalue weighted by molar-refractivity contribution is -0.125. The average molecular weight is 380 g/mol. The van der Waals surface area contributed by atoms with Crippen LogP contribution in [0.15, 0.2) is 12.3 Å². The molecule has 27 heavy (non-hydrogen) atoms. The molecule has 1 aromatic rings. The van der Waals surface area contributed by atoms with Gasteiger partial charge in [0.05, 0.1) is 18.3 Å². The van der Waals surface area contributed by atoms with Crippen molar-refractivity contribution in [3.05, 3.63) is 12.3 Å². The van der Waals surface area contributed by atoms with Gasteiger partial charge in [-0.3, -0.25) is 4.79 Å². The highest BCUT2D eigenvalue weighted by Gasteiger charge is 2.30. The molecule has 1 aliphatic rings. The molecule has 0 aromatic carbocycles. The zero-order valence-corrected chi connectivity index (χ0v) is 16.7. The van der Waals surface area contributed by atoms with Gasteiger partial charge in [-0.2, -0.15) is 5.10 Å². The van der Waals surface area contributed by atoms with E-state index in [4.69, 9.17) is 4.74 Å². The molecule has 2 rings (SSSR count). The van der Waals surface area contributed by atoms with Crippen LogP contribution >= 0.6 is 0 Å². The van der Waals surface area contributed by atoms with Gasteiger partial charge >= 0.3 is 6.09 Å². The summed E-state index contributed by atoms with van der Waals surface area (Å²) in [5.74, 6) is 0.00324. The van der Waals surface area contributed by atoms with Crippen LogP contribution in [-0.4, -0.2) is 44.6 Å². The number of aliphatic hydroxyl groups is 1. The Labute approximate surface area is 160 Å². The van der Waals surface area contributed by atoms with E-state index in [0.717, 1.165) is 32.1 Å². The number of anilines is 1. The second-order valence-electron chi connectivity index (χ2n) is 8.07. The summed E-state index contributed by atoms with van der Waals surface area (Å²) in [6.07, 6.45) is 4.96. The number of aliphatic hydroxyl groups excluding tert-OH is 1. The van der Waals surface area contributed by atoms with Crippen molar-refractivity contribution in [1.29, 1.82) is 0 Å². The van der Waals surface area contributed by atoms with Gasteiger partial charge in [0.25, 0.3) is 5.91 Å². The van der Waals surface area contributed by atoms with Gasteiger partial charge in [-0.15, -0.1) is 0 Å². The van der Waals surface area contributed by atoms with Crippen LogP contribution in [0.5, 0.6) is 0 Å². The fourth-order valence-electron chi connectivity index (χ4n) is 2.91. The Kier molecular flexibility index (Phi) is 7.24. The first kappa shape index (κ1) is 21.2. The third-order valence-electron chi connectivity index (χ3n) is 4.56. The Morgan fingerprint density at radius 1 is 1.41 bits per heavy atom. The minimum atomic E-state index is -1.38. The summed E-state index contributed by atoms with van der Waals surface area (Å²) < 4.78 is 7.04. The summed E-state index contributed by atoms with van der Waals surface area (Å²) in [6.45, 7) is 7.29. The van der Waals surface area contributed by atoms with Crippen molar-refractivity contribution in [2.45, 2.75) is 90.0 Å². The highest BCUT2D eigenvalue weighted by atomic mass is 16.6. The lowest BCUT2D eigenvalue weighted by Crippen LogP contribution is -2.50. The minimum absolute atomic E-state index is 0.295. The van der Waals surface area contributed by atoms with E-state index < -0.39 is 29.7 Å². The van der Waals surface area contributed by atoms with E-state index in [2.05, 4.69) is 15.7 Å². The van der Waals surface area contributed by atoms with Gasteiger partial charge in [0.2, 0.25) is 0 Å². The van der Waals surface area contributed by atoms with Crippen molar-refractivity contribution in [3.8, 4) is 0 Å². The summed E-state index contributed by atoms with van der Waals surface area (Å²) in [4.78, 5) is 24.6. The normalized spacial score (nSPS) is 16.9. The SMILES string of the molecule is CCCC[C@H](NC(=O)OC(C)(C)C)[C@@H](O)C(=O)Nc1ccnn1C1CCC1. The lowest BCUT2D eigenvalue weighted by atomic mass is 9.93. The number of rotatable bonds is 8. The molecule has 1 aromatic heterocycles. The minimum Gasteiger partial charge on any atom is -0.444 e. The Balaban J connectivity index is 2.00. The second-order valence-corrected chi connectivity index (χ2v) is 8.07. The molecule has 152 valence electrons. The van der Waals surface area contributed by atoms with Crippen molar-refractivity contribution >= 4 is 17.8 Å². The molecule has 0 unspecified atom stereocenters. The highest BCUT2D eigenvalue weighted by Crippen LogP contribution is 2.33. The number of carbonyl (C=O) groups is 2. The lowest BCUT2D eigenvalue weighted by Gasteiger charge is -2.28. The maximum absolute atomic E-state index is 12.6. The van der Waals surface area contributed by atoms with Crippen LogP contribution in [0.25, 0.3) is 0 Å². The largest absolute Gasteiger partial charge is 0.444 e. The van der Waals surface area contributed by atoms with E-state index in [1.54, 1.807) is 37.7 Å². The number of carbonyl (C=O) groups excluding carboxylic acids is 2. The van der Waals surface area contributed by atoms with Crippen LogP contribution in [0.3, 0.4) is 0 Å². The maximum Gasteiger partial charge on any atom is 0.407 e. The zero-order chi connectivity index (χ0) is 20.0. The molecule has 0 spiro atoms. The quantitative estimate of drug-likeness (QED) is 0.643. The Morgan fingerprint density at radius 3 is 2.67 bits per heavy atom. The molecule has 0 radical (unpaired) electrons. The van der Waals surface area contributed by atoms with Crippen molar-refractivity contribution in [2.75, 3.05) is 5.32 Å². The summed E-state index contributed by atoms with van der Waals surface area (Å²) >= 11 is 0. The Hall–Kier alpha value is -2.09. The topological polar surface area (TPSA) is 105 Å². The van der Waals surface area contributed by atoms with E-state index in [1.165, 1.54) is 0 Å². The molecule has 8 nitrogen and oxygen atoms in total. The van der Waals surface area contributed by atoms with Crippen LogP contribution in [0, 0.1) is 0 Å². The van der Waals surface area contributed by atoms with E-state index in [0.29, 0.717) is 18.3 Å². The van der Waals surface area contributed by atoms with Gasteiger partial charge in [-0.05, 0) is 46.5 Å². The monoisotopic (exact) mass is 380 g/mol. The smallest absolute Gasteiger partial charge is 0.407 e. The third-order valence-corrected chi connectivity index (χ3v) is 4.56. The first-order valence-corrected chi connectivity index (χ1v) is 9.73. The van der Waals surface area contributed by atoms with Crippen LogP contribution in [0.1, 0.15) is 72.3 Å². The van der Waals surface area contributed by atoms with Crippen molar-refractivity contribution in [2.24, 2.45) is 0 Å². The first-order chi connectivity index (χ1) is 12.7. The molecule has 1 heterocycles. The summed E-state index contributed by atoms with van der Waals surface area (Å²) in [5, 5.41) is 20.2. The number of alkyl carbamates (subject to hydrolysis) is 1. The molecule has 1 aliphatic carbocycles. The Morgan fingerprint density at radius 2 is 2.11 bits per heavy atom. The van der Waals surface area contributed by atoms with E-state index in [-0.39, 0.29) is 0 Å². The maximum atomic E-state index is 12.6. The molecular formula is C19H32N4O4. The third kappa shape index (κ3) is 6.23. The van der Waals surface area contributed by atoms with Crippen LogP contribution in [-0.2, 0) is 9.53 Å². The molecule has 1 saturated carbocycles. The summed E-state index contributed by atoms with van der Waals surface area (Å²) in [5.41, 5.74) is -0.651. The van der Waals surface area contributed by atoms with Gasteiger partial charge in [0.1, 0.15) is 11.4 Å². The molecular weight excluding hydrogens is 348 g/mol. The van der Waals surface area contributed by atoms with Crippen LogP contribution < -0.4 is 10.6 Å². The standard InChI is InChI=1S/C19H32N4O4/c1-5-6-10-14(21-18(26)27-19(2,3)4)16(24)17(25)22-15-11-12-20-23(15)13-8-7-9-13/h11-14,16,24H,5-10H2,1-4H3,(H,21,26)(H,22,25)/t14-,16+/m0/s1. The number of nitrogens with one attached hydrogen (secondary N) is 2. The predicted molar refractivity (Wildman–Crippen MR) is 102 cm³/mol. The Bertz CT molecular complexity index is 634. The van der Waals surface area contributed by atoms with Gasteiger partial charge in [-0.25, -0.2) is 9.48 Å². The first-order valence-electron chi connectivity index (χ1n) is 9.73. The van der Waals surface area contributed by atoms with Crippen LogP contribution in [0.2, 0.25) is 0 Å². The average Bonchev–Trinajstić information content (AvgIpc) is 2.95. The molecule has 0 saturated heterocycles. The van der Waals surface area contributed by atoms with Crippen molar-refractivity contribution in [1.82, 2.24) is 15.1 Å². The summed E-state index contributed by atoms with van der Waals surface area (Å²) in [7, 11) is 0. The van der Waals surface area contributed by atoms with Gasteiger partial charge in [0, 0.05) is 6.07 Å². The molecule has 2 atom stereocenters. The highest BCUT2D eigenvalue weighted by molar-refractivity contribution is 5.94. The number of ether oxygens (including phenoxy) is 1. The number of aromatic nitrogens is 2. The number of hydrogen-bond donors (Lipinski definition) is 3. The fraction of sp³-hybridized carbons (Fsp3) is 0.737. The van der Waals surface area contributed by atoms with Crippen LogP contribution in [0.4, 0.5) is 10.6 Å². The van der Waals surface area contributed by atoms with E-state index in [1.807, 2.05) is 6.92 Å². The van der Waals surface area contributed by atoms with E-state index in [9.17, 15) is 14.7 Å². The number of amides is 2. The second kappa shape index (κ2) is 9.21. The number of unbranched alkanes of at least 4 members (excludes halogenated alkanes) is 1. The molecule has 1 fully saturated rings. The number of nitrogens with zero attached hydrogens (tertiary/aromatic N) is 2.